The van der Waals surface area contributed by atoms with Crippen LogP contribution in [0.25, 0.3) is 0 Å². The van der Waals surface area contributed by atoms with Gasteiger partial charge in [-0.3, -0.25) is 4.79 Å². The Kier molecular flexibility index (Phi) is 5.08. The van der Waals surface area contributed by atoms with Crippen LogP contribution in [-0.4, -0.2) is 20.5 Å². The fraction of sp³-hybridized carbons (Fsp3) is 0.227. The maximum atomic E-state index is 14.0. The number of rotatable bonds is 4. The number of anilines is 1. The first-order valence-corrected chi connectivity index (χ1v) is 11.0. The minimum Gasteiger partial charge on any atom is -0.328 e. The summed E-state index contributed by atoms with van der Waals surface area (Å²) in [6.07, 6.45) is 3.30. The molecule has 5 nitrogen and oxygen atoms in total. The Morgan fingerprint density at radius 2 is 2.00 bits per heavy atom. The first-order valence-electron chi connectivity index (χ1n) is 9.68. The van der Waals surface area contributed by atoms with Gasteiger partial charge in [-0.15, -0.1) is 5.10 Å². The third-order valence-electron chi connectivity index (χ3n) is 5.41. The van der Waals surface area contributed by atoms with Crippen LogP contribution in [0.4, 0.5) is 10.3 Å². The average molecular weight is 441 g/mol. The number of hydrogen-bond donors (Lipinski definition) is 1. The summed E-state index contributed by atoms with van der Waals surface area (Å²) >= 11 is 7.44. The van der Waals surface area contributed by atoms with Gasteiger partial charge in [0, 0.05) is 22.9 Å². The molecule has 3 aromatic rings. The molecule has 2 heterocycles. The minimum atomic E-state index is -0.335. The van der Waals surface area contributed by atoms with Gasteiger partial charge in [0.15, 0.2) is 0 Å². The van der Waals surface area contributed by atoms with Gasteiger partial charge in [0.05, 0.1) is 12.0 Å². The molecule has 1 aromatic heterocycles. The van der Waals surface area contributed by atoms with Gasteiger partial charge in [0.1, 0.15) is 11.6 Å². The number of carbonyl (C=O) groups excluding carboxylic acids is 1. The molecule has 1 aliphatic heterocycles. The van der Waals surface area contributed by atoms with Crippen LogP contribution < -0.4 is 5.32 Å². The SMILES string of the molecule is O=C1CCC=C2Nc3nc(SCc4ccccc4F)nn3C(c3ccc(Cl)cc3)C12. The van der Waals surface area contributed by atoms with Crippen molar-refractivity contribution < 1.29 is 9.18 Å². The third kappa shape index (κ3) is 3.52. The van der Waals surface area contributed by atoms with Gasteiger partial charge in [0.25, 0.3) is 0 Å². The van der Waals surface area contributed by atoms with Crippen molar-refractivity contribution in [3.8, 4) is 0 Å². The number of carbonyl (C=O) groups is 1. The van der Waals surface area contributed by atoms with Crippen molar-refractivity contribution in [2.45, 2.75) is 29.8 Å². The van der Waals surface area contributed by atoms with Crippen LogP contribution in [0.1, 0.15) is 30.0 Å². The van der Waals surface area contributed by atoms with E-state index in [9.17, 15) is 9.18 Å². The molecule has 2 unspecified atom stereocenters. The van der Waals surface area contributed by atoms with Crippen molar-refractivity contribution >= 4 is 35.1 Å². The summed E-state index contributed by atoms with van der Waals surface area (Å²) in [6.45, 7) is 0. The quantitative estimate of drug-likeness (QED) is 0.562. The first kappa shape index (κ1) is 19.3. The van der Waals surface area contributed by atoms with Crippen molar-refractivity contribution in [2.75, 3.05) is 5.32 Å². The number of thioether (sulfide) groups is 1. The third-order valence-corrected chi connectivity index (χ3v) is 6.55. The number of aromatic nitrogens is 3. The summed E-state index contributed by atoms with van der Waals surface area (Å²) in [5, 5.41) is 9.13. The van der Waals surface area contributed by atoms with Crippen molar-refractivity contribution in [1.82, 2.24) is 14.8 Å². The molecule has 8 heteroatoms. The predicted molar refractivity (Wildman–Crippen MR) is 115 cm³/mol. The highest BCUT2D eigenvalue weighted by molar-refractivity contribution is 7.98. The number of benzene rings is 2. The van der Waals surface area contributed by atoms with Gasteiger partial charge in [-0.1, -0.05) is 59.8 Å². The lowest BCUT2D eigenvalue weighted by Crippen LogP contribution is -2.38. The molecule has 2 aromatic carbocycles. The fourth-order valence-electron chi connectivity index (χ4n) is 3.97. The average Bonchev–Trinajstić information content (AvgIpc) is 3.15. The maximum absolute atomic E-state index is 14.0. The van der Waals surface area contributed by atoms with E-state index in [4.69, 9.17) is 11.6 Å². The highest BCUT2D eigenvalue weighted by atomic mass is 35.5. The molecule has 1 aliphatic carbocycles. The summed E-state index contributed by atoms with van der Waals surface area (Å²) < 4.78 is 15.7. The predicted octanol–water partition coefficient (Wildman–Crippen LogP) is 5.24. The zero-order valence-corrected chi connectivity index (χ0v) is 17.5. The second kappa shape index (κ2) is 7.89. The van der Waals surface area contributed by atoms with E-state index >= 15 is 0 Å². The standard InChI is InChI=1S/C22H18ClFN4OS/c23-15-10-8-13(9-11-15)20-19-17(6-3-7-18(19)29)25-21-26-22(27-28(20)21)30-12-14-4-1-2-5-16(14)24/h1-2,4-6,8-11,19-20H,3,7,12H2,(H,25,26,27). The number of nitrogens with one attached hydrogen (secondary N) is 1. The lowest BCUT2D eigenvalue weighted by atomic mass is 9.81. The van der Waals surface area contributed by atoms with Crippen LogP contribution in [-0.2, 0) is 10.5 Å². The molecular weight excluding hydrogens is 423 g/mol. The molecule has 30 heavy (non-hydrogen) atoms. The molecule has 1 N–H and O–H groups in total. The fourth-order valence-corrected chi connectivity index (χ4v) is 4.91. The van der Waals surface area contributed by atoms with E-state index in [1.54, 1.807) is 16.8 Å². The Hall–Kier alpha value is -2.64. The highest BCUT2D eigenvalue weighted by Gasteiger charge is 2.41. The summed E-state index contributed by atoms with van der Waals surface area (Å²) in [5.41, 5.74) is 2.42. The Labute approximate surface area is 182 Å². The minimum absolute atomic E-state index is 0.182. The van der Waals surface area contributed by atoms with Crippen LogP contribution in [0.15, 0.2) is 65.5 Å². The lowest BCUT2D eigenvalue weighted by Gasteiger charge is -2.36. The van der Waals surface area contributed by atoms with Crippen LogP contribution in [0.2, 0.25) is 5.02 Å². The lowest BCUT2D eigenvalue weighted by molar-refractivity contribution is -0.123. The molecule has 0 bridgehead atoms. The molecule has 0 amide bonds. The largest absolute Gasteiger partial charge is 0.328 e. The maximum Gasteiger partial charge on any atom is 0.227 e. The van der Waals surface area contributed by atoms with Gasteiger partial charge in [-0.2, -0.15) is 4.98 Å². The Balaban J connectivity index is 1.51. The monoisotopic (exact) mass is 440 g/mol. The molecule has 2 aliphatic rings. The number of halogens is 2. The van der Waals surface area contributed by atoms with E-state index in [0.29, 0.717) is 40.3 Å². The highest BCUT2D eigenvalue weighted by Crippen LogP contribution is 2.42. The van der Waals surface area contributed by atoms with E-state index in [1.807, 2.05) is 30.3 Å². The summed E-state index contributed by atoms with van der Waals surface area (Å²) in [6, 6.07) is 13.9. The van der Waals surface area contributed by atoms with Crippen LogP contribution in [0, 0.1) is 11.7 Å². The number of allylic oxidation sites excluding steroid dienone is 2. The van der Waals surface area contributed by atoms with Crippen LogP contribution >= 0.6 is 23.4 Å². The Morgan fingerprint density at radius 3 is 2.80 bits per heavy atom. The van der Waals surface area contributed by atoms with Gasteiger partial charge in [0.2, 0.25) is 11.1 Å². The number of nitrogens with zero attached hydrogens (tertiary/aromatic N) is 3. The van der Waals surface area contributed by atoms with Gasteiger partial charge < -0.3 is 5.32 Å². The van der Waals surface area contributed by atoms with Gasteiger partial charge >= 0.3 is 0 Å². The molecule has 0 fully saturated rings. The van der Waals surface area contributed by atoms with E-state index in [-0.39, 0.29) is 23.6 Å². The van der Waals surface area contributed by atoms with Crippen molar-refractivity contribution in [3.05, 3.63) is 82.3 Å². The molecular formula is C22H18ClFN4OS. The number of hydrogen-bond acceptors (Lipinski definition) is 5. The second-order valence-corrected chi connectivity index (χ2v) is 8.69. The van der Waals surface area contributed by atoms with Gasteiger partial charge in [-0.05, 0) is 35.7 Å². The zero-order chi connectivity index (χ0) is 20.7. The molecule has 5 rings (SSSR count). The van der Waals surface area contributed by atoms with Crippen LogP contribution in [0.5, 0.6) is 0 Å². The zero-order valence-electron chi connectivity index (χ0n) is 15.9. The van der Waals surface area contributed by atoms with Crippen LogP contribution in [0.3, 0.4) is 0 Å². The molecule has 152 valence electrons. The molecule has 0 radical (unpaired) electrons. The first-order chi connectivity index (χ1) is 14.6. The van der Waals surface area contributed by atoms with Crippen molar-refractivity contribution in [2.24, 2.45) is 5.92 Å². The Bertz CT molecular complexity index is 1140. The van der Waals surface area contributed by atoms with E-state index in [1.165, 1.54) is 17.8 Å². The number of Topliss-reactive ketones (excluding diaryl/α,β-unsaturated/α-hetero) is 1. The second-order valence-electron chi connectivity index (χ2n) is 7.31. The van der Waals surface area contributed by atoms with Gasteiger partial charge in [-0.25, -0.2) is 9.07 Å². The summed E-state index contributed by atoms with van der Waals surface area (Å²) in [4.78, 5) is 17.4. The molecule has 0 spiro atoms. The van der Waals surface area contributed by atoms with Crippen molar-refractivity contribution in [1.29, 1.82) is 0 Å². The van der Waals surface area contributed by atoms with E-state index < -0.39 is 0 Å². The summed E-state index contributed by atoms with van der Waals surface area (Å²) in [7, 11) is 0. The molecule has 0 saturated heterocycles. The smallest absolute Gasteiger partial charge is 0.227 e. The number of ketones is 1. The van der Waals surface area contributed by atoms with E-state index in [0.717, 1.165) is 11.3 Å². The molecule has 2 atom stereocenters. The topological polar surface area (TPSA) is 59.8 Å². The summed E-state index contributed by atoms with van der Waals surface area (Å²) in [5.74, 6) is 0.614. The normalized spacial score (nSPS) is 20.2. The molecule has 0 saturated carbocycles. The number of fused-ring (bicyclic) bond motifs is 2. The van der Waals surface area contributed by atoms with Crippen molar-refractivity contribution in [3.63, 3.8) is 0 Å². The van der Waals surface area contributed by atoms with E-state index in [2.05, 4.69) is 21.5 Å². The Morgan fingerprint density at radius 1 is 1.20 bits per heavy atom.